The molecule has 3 aromatic carbocycles. The number of aryl methyl sites for hydroxylation is 1. The molecule has 1 aliphatic rings. The molecule has 0 fully saturated rings. The lowest BCUT2D eigenvalue weighted by atomic mass is 9.95. The largest absolute Gasteiger partial charge is 0.486 e. The summed E-state index contributed by atoms with van der Waals surface area (Å²) in [5, 5.41) is 2.86. The number of rotatable bonds is 6. The fourth-order valence-corrected chi connectivity index (χ4v) is 6.14. The summed E-state index contributed by atoms with van der Waals surface area (Å²) in [4.78, 5) is 11.8. The summed E-state index contributed by atoms with van der Waals surface area (Å²) in [6.45, 7) is 6.86. The minimum atomic E-state index is -4.03. The smallest absolute Gasteiger partial charge is 0.264 e. The van der Waals surface area contributed by atoms with Crippen molar-refractivity contribution in [3.63, 3.8) is 0 Å². The molecule has 0 aliphatic carbocycles. The molecule has 190 valence electrons. The van der Waals surface area contributed by atoms with Gasteiger partial charge in [-0.25, -0.2) is 17.2 Å². The predicted octanol–water partition coefficient (Wildman–Crippen LogP) is 5.20. The van der Waals surface area contributed by atoms with Crippen LogP contribution in [0.1, 0.15) is 32.8 Å². The normalized spacial score (nSPS) is 15.7. The molecule has 0 saturated carbocycles. The Morgan fingerprint density at radius 2 is 1.86 bits per heavy atom. The Morgan fingerprint density at radius 1 is 1.11 bits per heavy atom. The van der Waals surface area contributed by atoms with Gasteiger partial charge >= 0.3 is 0 Å². The molecule has 1 aliphatic heterocycles. The van der Waals surface area contributed by atoms with E-state index in [1.54, 1.807) is 37.3 Å². The number of hydrogen-bond acceptors (Lipinski definition) is 4. The maximum atomic E-state index is 14.5. The molecule has 0 aromatic heterocycles. The summed E-state index contributed by atoms with van der Waals surface area (Å²) in [6, 6.07) is 14.3. The molecule has 1 N–H and O–H groups in total. The van der Waals surface area contributed by atoms with Crippen LogP contribution in [0.5, 0.6) is 5.75 Å². The first kappa shape index (κ1) is 25.6. The number of carbonyl (C=O) groups is 1. The van der Waals surface area contributed by atoms with E-state index in [0.29, 0.717) is 17.7 Å². The van der Waals surface area contributed by atoms with Crippen LogP contribution >= 0.6 is 0 Å². The number of hydrogen-bond donors (Lipinski definition) is 1. The van der Waals surface area contributed by atoms with Gasteiger partial charge in [-0.3, -0.25) is 9.10 Å². The molecule has 3 aromatic rings. The number of ether oxygens (including phenoxy) is 1. The van der Waals surface area contributed by atoms with E-state index < -0.39 is 33.3 Å². The van der Waals surface area contributed by atoms with Crippen LogP contribution in [0.15, 0.2) is 65.6 Å². The maximum absolute atomic E-state index is 14.5. The summed E-state index contributed by atoms with van der Waals surface area (Å²) < 4.78 is 63.4. The first-order valence-corrected chi connectivity index (χ1v) is 12.9. The highest BCUT2D eigenvalue weighted by Gasteiger charge is 2.37. The lowest BCUT2D eigenvalue weighted by Crippen LogP contribution is -2.50. The van der Waals surface area contributed by atoms with Gasteiger partial charge < -0.3 is 10.1 Å². The van der Waals surface area contributed by atoms with Gasteiger partial charge in [0, 0.05) is 24.4 Å². The van der Waals surface area contributed by atoms with Crippen LogP contribution in [0.2, 0.25) is 0 Å². The monoisotopic (exact) mass is 514 g/mol. The van der Waals surface area contributed by atoms with Crippen LogP contribution in [-0.4, -0.2) is 32.5 Å². The molecule has 0 bridgehead atoms. The van der Waals surface area contributed by atoms with Gasteiger partial charge in [0.05, 0.1) is 17.1 Å². The van der Waals surface area contributed by atoms with Crippen LogP contribution in [-0.2, 0) is 14.8 Å². The molecule has 36 heavy (non-hydrogen) atoms. The van der Waals surface area contributed by atoms with E-state index in [1.165, 1.54) is 23.4 Å². The van der Waals surface area contributed by atoms with E-state index in [2.05, 4.69) is 5.32 Å². The van der Waals surface area contributed by atoms with Crippen molar-refractivity contribution in [3.8, 4) is 16.9 Å². The molecule has 0 spiro atoms. The summed E-state index contributed by atoms with van der Waals surface area (Å²) in [6.07, 6.45) is -0.234. The fourth-order valence-electron chi connectivity index (χ4n) is 4.53. The Labute approximate surface area is 210 Å². The van der Waals surface area contributed by atoms with Crippen molar-refractivity contribution in [3.05, 3.63) is 77.9 Å². The summed E-state index contributed by atoms with van der Waals surface area (Å²) >= 11 is 0. The topological polar surface area (TPSA) is 75.7 Å². The third-order valence-corrected chi connectivity index (χ3v) is 7.74. The average molecular weight is 515 g/mol. The second kappa shape index (κ2) is 9.54. The number of benzene rings is 3. The van der Waals surface area contributed by atoms with Crippen molar-refractivity contribution in [2.24, 2.45) is 0 Å². The Kier molecular flexibility index (Phi) is 6.79. The van der Waals surface area contributed by atoms with E-state index in [4.69, 9.17) is 4.74 Å². The number of nitrogens with zero attached hydrogens (tertiary/aromatic N) is 1. The second-order valence-corrected chi connectivity index (χ2v) is 11.5. The van der Waals surface area contributed by atoms with Crippen molar-refractivity contribution >= 4 is 21.6 Å². The zero-order valence-corrected chi connectivity index (χ0v) is 21.3. The van der Waals surface area contributed by atoms with E-state index in [-0.39, 0.29) is 28.6 Å². The molecular formula is C27H28F2N2O4S. The Balaban J connectivity index is 1.81. The van der Waals surface area contributed by atoms with Crippen molar-refractivity contribution in [1.29, 1.82) is 0 Å². The highest BCUT2D eigenvalue weighted by molar-refractivity contribution is 7.92. The van der Waals surface area contributed by atoms with Gasteiger partial charge in [0.15, 0.2) is 0 Å². The Hall–Kier alpha value is -3.46. The molecular weight excluding hydrogens is 486 g/mol. The molecule has 9 heteroatoms. The van der Waals surface area contributed by atoms with Gasteiger partial charge in [0.2, 0.25) is 5.91 Å². The number of sulfonamides is 1. The van der Waals surface area contributed by atoms with Crippen LogP contribution in [0, 0.1) is 18.6 Å². The zero-order chi connectivity index (χ0) is 26.3. The van der Waals surface area contributed by atoms with Crippen LogP contribution < -0.4 is 14.4 Å². The summed E-state index contributed by atoms with van der Waals surface area (Å²) in [5.74, 6) is -1.15. The standard InChI is InChI=1S/C27H28F2N2O4S/c1-17-6-5-7-22(12-17)36(33,34)31-16-21(15-27(3,4)30-18(2)32)35-26-11-8-19(13-25(26)31)23-14-20(28)9-10-24(23)29/h5-14,21H,15-16H2,1-4H3,(H,30,32)/t21-/m0/s1. The third kappa shape index (κ3) is 5.36. The van der Waals surface area contributed by atoms with Gasteiger partial charge in [-0.2, -0.15) is 0 Å². The molecule has 0 radical (unpaired) electrons. The van der Waals surface area contributed by atoms with Gasteiger partial charge in [-0.05, 0) is 74.4 Å². The van der Waals surface area contributed by atoms with E-state index in [1.807, 2.05) is 13.8 Å². The van der Waals surface area contributed by atoms with E-state index in [9.17, 15) is 22.0 Å². The number of anilines is 1. The molecule has 1 amide bonds. The fraction of sp³-hybridized carbons (Fsp3) is 0.296. The molecule has 1 heterocycles. The van der Waals surface area contributed by atoms with Gasteiger partial charge in [0.25, 0.3) is 10.0 Å². The van der Waals surface area contributed by atoms with Crippen LogP contribution in [0.25, 0.3) is 11.1 Å². The van der Waals surface area contributed by atoms with E-state index in [0.717, 1.165) is 23.8 Å². The Morgan fingerprint density at radius 3 is 2.56 bits per heavy atom. The zero-order valence-electron chi connectivity index (χ0n) is 20.5. The van der Waals surface area contributed by atoms with Gasteiger partial charge in [-0.15, -0.1) is 0 Å². The first-order valence-electron chi connectivity index (χ1n) is 11.5. The number of amides is 1. The molecule has 1 atom stereocenters. The molecule has 0 unspecified atom stereocenters. The number of carbonyl (C=O) groups excluding carboxylic acids is 1. The second-order valence-electron chi connectivity index (χ2n) is 9.67. The summed E-state index contributed by atoms with van der Waals surface area (Å²) in [5.41, 5.74) is 0.683. The lowest BCUT2D eigenvalue weighted by molar-refractivity contribution is -0.120. The number of fused-ring (bicyclic) bond motifs is 1. The number of halogens is 2. The minimum absolute atomic E-state index is 0.0135. The molecule has 6 nitrogen and oxygen atoms in total. The highest BCUT2D eigenvalue weighted by Crippen LogP contribution is 2.41. The van der Waals surface area contributed by atoms with Crippen LogP contribution in [0.4, 0.5) is 14.5 Å². The van der Waals surface area contributed by atoms with Crippen molar-refractivity contribution in [2.75, 3.05) is 10.8 Å². The van der Waals surface area contributed by atoms with Gasteiger partial charge in [-0.1, -0.05) is 18.2 Å². The lowest BCUT2D eigenvalue weighted by Gasteiger charge is -2.39. The SMILES string of the molecule is CC(=O)NC(C)(C)C[C@H]1CN(S(=O)(=O)c2cccc(C)c2)c2cc(-c3cc(F)ccc3F)ccc2O1. The van der Waals surface area contributed by atoms with Gasteiger partial charge in [0.1, 0.15) is 23.5 Å². The minimum Gasteiger partial charge on any atom is -0.486 e. The maximum Gasteiger partial charge on any atom is 0.264 e. The number of nitrogens with one attached hydrogen (secondary N) is 1. The first-order chi connectivity index (χ1) is 16.9. The van der Waals surface area contributed by atoms with Crippen LogP contribution in [0.3, 0.4) is 0 Å². The van der Waals surface area contributed by atoms with Crippen molar-refractivity contribution in [2.45, 2.75) is 50.7 Å². The Bertz CT molecular complexity index is 1420. The quantitative estimate of drug-likeness (QED) is 0.491. The van der Waals surface area contributed by atoms with Crippen molar-refractivity contribution in [1.82, 2.24) is 5.32 Å². The average Bonchev–Trinajstić information content (AvgIpc) is 2.78. The molecule has 0 saturated heterocycles. The highest BCUT2D eigenvalue weighted by atomic mass is 32.2. The van der Waals surface area contributed by atoms with Crippen molar-refractivity contribution < 1.29 is 26.7 Å². The van der Waals surface area contributed by atoms with E-state index >= 15 is 0 Å². The predicted molar refractivity (Wildman–Crippen MR) is 134 cm³/mol. The molecule has 4 rings (SSSR count). The summed E-state index contributed by atoms with van der Waals surface area (Å²) in [7, 11) is -4.03. The third-order valence-electron chi connectivity index (χ3n) is 5.96.